The Morgan fingerprint density at radius 3 is 3.15 bits per heavy atom. The van der Waals surface area contributed by atoms with Crippen molar-refractivity contribution in [2.75, 3.05) is 0 Å². The van der Waals surface area contributed by atoms with Crippen LogP contribution in [-0.2, 0) is 11.2 Å². The van der Waals surface area contributed by atoms with Crippen LogP contribution in [0, 0.1) is 11.8 Å². The zero-order valence-corrected chi connectivity index (χ0v) is 16.2. The number of ketones is 1. The average molecular weight is 361 g/mol. The third-order valence-corrected chi connectivity index (χ3v) is 6.91. The minimum atomic E-state index is 0.329. The fourth-order valence-electron chi connectivity index (χ4n) is 5.69. The van der Waals surface area contributed by atoms with E-state index in [0.717, 1.165) is 31.6 Å². The number of carbonyl (C=O) groups is 1. The minimum absolute atomic E-state index is 0.329. The van der Waals surface area contributed by atoms with Gasteiger partial charge in [-0.25, -0.2) is 0 Å². The Hall–Kier alpha value is -2.16. The highest BCUT2D eigenvalue weighted by Crippen LogP contribution is 2.47. The molecular weight excluding hydrogens is 332 g/mol. The molecule has 3 nitrogen and oxygen atoms in total. The molecule has 3 atom stereocenters. The second-order valence-electron chi connectivity index (χ2n) is 8.65. The van der Waals surface area contributed by atoms with Gasteiger partial charge in [0, 0.05) is 30.2 Å². The topological polar surface area (TPSA) is 34.9 Å². The molecule has 2 aliphatic carbocycles. The largest absolute Gasteiger partial charge is 0.336 e. The van der Waals surface area contributed by atoms with Gasteiger partial charge in [-0.2, -0.15) is 0 Å². The van der Waals surface area contributed by atoms with Crippen LogP contribution in [0.2, 0.25) is 0 Å². The van der Waals surface area contributed by atoms with Gasteiger partial charge in [-0.15, -0.1) is 0 Å². The number of rotatable bonds is 4. The maximum Gasteiger partial charge on any atom is 0.129 e. The first-order chi connectivity index (χ1) is 13.2. The van der Waals surface area contributed by atoms with Crippen molar-refractivity contribution >= 4 is 22.3 Å². The molecule has 0 radical (unpaired) electrons. The Labute approximate surface area is 161 Å². The van der Waals surface area contributed by atoms with E-state index in [4.69, 9.17) is 0 Å². The molecule has 3 unspecified atom stereocenters. The molecule has 2 aromatic heterocycles. The van der Waals surface area contributed by atoms with Gasteiger partial charge in [-0.1, -0.05) is 24.6 Å². The van der Waals surface area contributed by atoms with Gasteiger partial charge in [-0.05, 0) is 74.5 Å². The van der Waals surface area contributed by atoms with Gasteiger partial charge in [0.1, 0.15) is 5.78 Å². The monoisotopic (exact) mass is 360 g/mol. The van der Waals surface area contributed by atoms with Gasteiger partial charge in [0.2, 0.25) is 0 Å². The highest BCUT2D eigenvalue weighted by Gasteiger charge is 2.35. The maximum atomic E-state index is 11.3. The molecule has 0 aromatic carbocycles. The van der Waals surface area contributed by atoms with Gasteiger partial charge < -0.3 is 9.36 Å². The van der Waals surface area contributed by atoms with Gasteiger partial charge in [0.15, 0.2) is 0 Å². The lowest BCUT2D eigenvalue weighted by Crippen LogP contribution is -2.26. The van der Waals surface area contributed by atoms with Gasteiger partial charge >= 0.3 is 0 Å². The minimum Gasteiger partial charge on any atom is -0.336 e. The van der Waals surface area contributed by atoms with Crippen molar-refractivity contribution in [1.82, 2.24) is 9.55 Å². The van der Waals surface area contributed by atoms with Crippen LogP contribution in [0.25, 0.3) is 16.5 Å². The summed E-state index contributed by atoms with van der Waals surface area (Å²) >= 11 is 0. The number of aryl methyl sites for hydroxylation is 1. The second-order valence-corrected chi connectivity index (χ2v) is 8.65. The summed E-state index contributed by atoms with van der Waals surface area (Å²) in [7, 11) is 0. The van der Waals surface area contributed by atoms with E-state index >= 15 is 0 Å². The highest BCUT2D eigenvalue weighted by molar-refractivity contribution is 5.93. The van der Waals surface area contributed by atoms with Gasteiger partial charge in [-0.3, -0.25) is 4.98 Å². The molecule has 27 heavy (non-hydrogen) atoms. The van der Waals surface area contributed by atoms with Crippen LogP contribution in [0.5, 0.6) is 0 Å². The Bertz CT molecular complexity index is 949. The van der Waals surface area contributed by atoms with Crippen molar-refractivity contribution in [2.45, 2.75) is 64.3 Å². The fourth-order valence-corrected chi connectivity index (χ4v) is 5.69. The van der Waals surface area contributed by atoms with E-state index in [9.17, 15) is 4.79 Å². The van der Waals surface area contributed by atoms with Crippen LogP contribution in [0.15, 0.2) is 36.7 Å². The zero-order valence-electron chi connectivity index (χ0n) is 16.2. The van der Waals surface area contributed by atoms with E-state index in [-0.39, 0.29) is 0 Å². The van der Waals surface area contributed by atoms with Crippen molar-refractivity contribution in [1.29, 1.82) is 0 Å². The second kappa shape index (κ2) is 6.78. The molecule has 0 N–H and O–H groups in total. The quantitative estimate of drug-likeness (QED) is 0.706. The van der Waals surface area contributed by atoms with Crippen LogP contribution in [0.1, 0.15) is 69.2 Å². The molecule has 3 heterocycles. The SMILES string of the molecule is CC(=O)CCCC1CCC2C(C=CC3=CCCc4c3n2c2ccncc42)C1. The predicted octanol–water partition coefficient (Wildman–Crippen LogP) is 5.65. The van der Waals surface area contributed by atoms with Crippen LogP contribution < -0.4 is 0 Å². The van der Waals surface area contributed by atoms with E-state index in [0.29, 0.717) is 17.7 Å². The lowest BCUT2D eigenvalue weighted by molar-refractivity contribution is -0.117. The Balaban J connectivity index is 1.50. The summed E-state index contributed by atoms with van der Waals surface area (Å²) in [5, 5.41) is 1.36. The Morgan fingerprint density at radius 1 is 1.33 bits per heavy atom. The van der Waals surface area contributed by atoms with Crippen LogP contribution in [0.3, 0.4) is 0 Å². The molecule has 0 saturated heterocycles. The van der Waals surface area contributed by atoms with E-state index in [1.807, 2.05) is 6.20 Å². The zero-order chi connectivity index (χ0) is 18.4. The summed E-state index contributed by atoms with van der Waals surface area (Å²) in [6.07, 6.45) is 20.4. The standard InChI is InChI=1S/C24H28N2O/c1-16(27)4-2-5-17-8-11-22-19(14-17)10-9-18-6-3-7-20-21-15-25-13-12-23(21)26(22)24(18)20/h6,9-10,12-13,15,17,19,22H,2-5,7-8,11,14H2,1H3. The predicted molar refractivity (Wildman–Crippen MR) is 110 cm³/mol. The van der Waals surface area contributed by atoms with Crippen LogP contribution in [0.4, 0.5) is 0 Å². The number of Topliss-reactive ketones (excluding diaryl/α,β-unsaturated/α-hetero) is 1. The molecule has 1 saturated carbocycles. The van der Waals surface area contributed by atoms with Gasteiger partial charge in [0.25, 0.3) is 0 Å². The summed E-state index contributed by atoms with van der Waals surface area (Å²) in [5.74, 6) is 1.69. The molecule has 3 aliphatic rings. The van der Waals surface area contributed by atoms with E-state index in [2.05, 4.69) is 40.0 Å². The van der Waals surface area contributed by atoms with Gasteiger partial charge in [0.05, 0.1) is 11.2 Å². The van der Waals surface area contributed by atoms with Crippen molar-refractivity contribution in [3.63, 3.8) is 0 Å². The smallest absolute Gasteiger partial charge is 0.129 e. The van der Waals surface area contributed by atoms with Crippen molar-refractivity contribution < 1.29 is 4.79 Å². The summed E-state index contributed by atoms with van der Waals surface area (Å²) in [5.41, 5.74) is 5.75. The van der Waals surface area contributed by atoms with Crippen molar-refractivity contribution in [3.8, 4) is 0 Å². The summed E-state index contributed by atoms with van der Waals surface area (Å²) < 4.78 is 2.66. The number of hydrogen-bond acceptors (Lipinski definition) is 2. The van der Waals surface area contributed by atoms with Crippen LogP contribution >= 0.6 is 0 Å². The van der Waals surface area contributed by atoms with Crippen molar-refractivity contribution in [2.24, 2.45) is 11.8 Å². The molecule has 0 amide bonds. The molecule has 2 aromatic rings. The first-order valence-electron chi connectivity index (χ1n) is 10.6. The molecule has 5 rings (SSSR count). The fraction of sp³-hybridized carbons (Fsp3) is 0.500. The lowest BCUT2D eigenvalue weighted by Gasteiger charge is -2.36. The third kappa shape index (κ3) is 2.88. The Kier molecular flexibility index (Phi) is 4.26. The number of nitrogens with zero attached hydrogens (tertiary/aromatic N) is 2. The maximum absolute atomic E-state index is 11.3. The summed E-state index contributed by atoms with van der Waals surface area (Å²) in [6.45, 7) is 1.71. The molecule has 3 heteroatoms. The first kappa shape index (κ1) is 17.0. The number of pyridine rings is 1. The van der Waals surface area contributed by atoms with E-state index in [1.54, 1.807) is 6.92 Å². The molecular formula is C24H28N2O. The van der Waals surface area contributed by atoms with Crippen molar-refractivity contribution in [3.05, 3.63) is 47.9 Å². The molecule has 0 bridgehead atoms. The van der Waals surface area contributed by atoms with E-state index in [1.165, 1.54) is 53.4 Å². The van der Waals surface area contributed by atoms with E-state index < -0.39 is 0 Å². The normalized spacial score (nSPS) is 26.3. The first-order valence-corrected chi connectivity index (χ1v) is 10.6. The number of fused-ring (bicyclic) bond motifs is 5. The Morgan fingerprint density at radius 2 is 2.26 bits per heavy atom. The lowest BCUT2D eigenvalue weighted by atomic mass is 9.76. The van der Waals surface area contributed by atoms with Crippen LogP contribution in [-0.4, -0.2) is 15.3 Å². The molecule has 140 valence electrons. The summed E-state index contributed by atoms with van der Waals surface area (Å²) in [6, 6.07) is 2.77. The number of carbonyl (C=O) groups excluding carboxylic acids is 1. The number of allylic oxidation sites excluding steroid dienone is 4. The third-order valence-electron chi connectivity index (χ3n) is 6.91. The molecule has 1 aliphatic heterocycles. The average Bonchev–Trinajstić information content (AvgIpc) is 2.91. The molecule has 1 fully saturated rings. The number of aromatic nitrogens is 2. The summed E-state index contributed by atoms with van der Waals surface area (Å²) in [4.78, 5) is 15.7. The molecule has 0 spiro atoms. The number of hydrogen-bond donors (Lipinski definition) is 0. The highest BCUT2D eigenvalue weighted by atomic mass is 16.1.